The molecule has 388 valence electrons. The molecule has 0 saturated heterocycles. The monoisotopic (exact) mass is 937 g/mol. The van der Waals surface area contributed by atoms with Crippen molar-refractivity contribution in [3.8, 4) is 0 Å². The normalized spacial score (nSPS) is 26.0. The number of allylic oxidation sites excluding steroid dienone is 1. The molecule has 3 saturated carbocycles. The fourth-order valence-electron chi connectivity index (χ4n) is 13.9. The van der Waals surface area contributed by atoms with Gasteiger partial charge in [0.2, 0.25) is 11.8 Å². The quantitative estimate of drug-likeness (QED) is 0.0428. The summed E-state index contributed by atoms with van der Waals surface area (Å²) in [6, 6.07) is 0. The van der Waals surface area contributed by atoms with Crippen LogP contribution >= 0.6 is 0 Å². The Balaban J connectivity index is 1.08. The van der Waals surface area contributed by atoms with Crippen molar-refractivity contribution in [3.05, 3.63) is 11.6 Å². The first kappa shape index (κ1) is 57.5. The Morgan fingerprint density at radius 1 is 0.701 bits per heavy atom. The number of ether oxygens (including phenoxy) is 1. The Labute approximate surface area is 413 Å². The number of carbonyl (C=O) groups excluding carboxylic acids is 3. The van der Waals surface area contributed by atoms with Gasteiger partial charge in [-0.2, -0.15) is 0 Å². The lowest BCUT2D eigenvalue weighted by molar-refractivity contribution is -0.136. The van der Waals surface area contributed by atoms with Gasteiger partial charge in [0, 0.05) is 32.5 Å². The molecule has 0 bridgehead atoms. The Bertz CT molecular complexity index is 1420. The molecule has 0 aromatic rings. The SMILES string of the molecule is CCCCCCCCCCCCCCCCCCC(=O)N(CCCCCCNC(=O)O[C@H]1CC[C@@]2(C)C(=CC[C@H]3[C@@H]4CC[C@H]([C@H](C)CCCC(C)C)[C@@]4(C)CC[C@@H]32)C1)CC(=O)NCCCCN. The van der Waals surface area contributed by atoms with Crippen molar-refractivity contribution in [2.75, 3.05) is 32.7 Å². The van der Waals surface area contributed by atoms with E-state index in [-0.39, 0.29) is 36.0 Å². The first-order valence-corrected chi connectivity index (χ1v) is 29.3. The van der Waals surface area contributed by atoms with E-state index < -0.39 is 0 Å². The van der Waals surface area contributed by atoms with Crippen molar-refractivity contribution < 1.29 is 19.1 Å². The summed E-state index contributed by atoms with van der Waals surface area (Å²) in [7, 11) is 0. The average Bonchev–Trinajstić information content (AvgIpc) is 3.66. The number of nitrogens with zero attached hydrogens (tertiary/aromatic N) is 1. The Kier molecular flexibility index (Phi) is 27.5. The third-order valence-corrected chi connectivity index (χ3v) is 18.0. The minimum Gasteiger partial charge on any atom is -0.446 e. The van der Waals surface area contributed by atoms with Gasteiger partial charge in [0.1, 0.15) is 6.10 Å². The van der Waals surface area contributed by atoms with Crippen LogP contribution in [-0.4, -0.2) is 61.6 Å². The minimum atomic E-state index is -0.279. The second-order valence-electron chi connectivity index (χ2n) is 23.6. The fraction of sp³-hybridized carbons (Fsp3) is 0.915. The van der Waals surface area contributed by atoms with Crippen LogP contribution in [0.4, 0.5) is 4.79 Å². The lowest BCUT2D eigenvalue weighted by Gasteiger charge is -2.58. The zero-order valence-electron chi connectivity index (χ0n) is 44.9. The first-order chi connectivity index (χ1) is 32.4. The van der Waals surface area contributed by atoms with Crippen molar-refractivity contribution in [2.45, 2.75) is 266 Å². The van der Waals surface area contributed by atoms with Crippen molar-refractivity contribution in [1.82, 2.24) is 15.5 Å². The molecular formula is C59H108N4O4. The molecule has 4 rings (SSSR count). The molecule has 0 aliphatic heterocycles. The van der Waals surface area contributed by atoms with Gasteiger partial charge in [-0.25, -0.2) is 4.79 Å². The highest BCUT2D eigenvalue weighted by Crippen LogP contribution is 2.67. The zero-order valence-corrected chi connectivity index (χ0v) is 44.9. The number of nitrogens with two attached hydrogens (primary N) is 1. The van der Waals surface area contributed by atoms with Crippen LogP contribution in [0.2, 0.25) is 0 Å². The zero-order chi connectivity index (χ0) is 48.3. The summed E-state index contributed by atoms with van der Waals surface area (Å²) < 4.78 is 6.07. The number of fused-ring (bicyclic) bond motifs is 5. The number of hydrogen-bond donors (Lipinski definition) is 3. The molecule has 0 unspecified atom stereocenters. The largest absolute Gasteiger partial charge is 0.446 e. The van der Waals surface area contributed by atoms with E-state index in [1.54, 1.807) is 10.5 Å². The molecular weight excluding hydrogens is 829 g/mol. The van der Waals surface area contributed by atoms with Gasteiger partial charge < -0.3 is 26.0 Å². The third-order valence-electron chi connectivity index (χ3n) is 18.0. The number of alkyl carbamates (subject to hydrolysis) is 1. The smallest absolute Gasteiger partial charge is 0.407 e. The molecule has 0 radical (unpaired) electrons. The Hall–Kier alpha value is -2.09. The van der Waals surface area contributed by atoms with Crippen LogP contribution < -0.4 is 16.4 Å². The lowest BCUT2D eigenvalue weighted by Crippen LogP contribution is -2.51. The maximum absolute atomic E-state index is 13.4. The van der Waals surface area contributed by atoms with E-state index in [2.05, 4.69) is 58.3 Å². The Morgan fingerprint density at radius 2 is 1.31 bits per heavy atom. The molecule has 0 heterocycles. The summed E-state index contributed by atoms with van der Waals surface area (Å²) in [5.41, 5.74) is 7.96. The van der Waals surface area contributed by atoms with Gasteiger partial charge in [-0.1, -0.05) is 182 Å². The maximum atomic E-state index is 13.4. The van der Waals surface area contributed by atoms with Crippen LogP contribution in [0.5, 0.6) is 0 Å². The average molecular weight is 938 g/mol. The Morgan fingerprint density at radius 3 is 1.97 bits per heavy atom. The molecule has 8 nitrogen and oxygen atoms in total. The molecule has 0 aromatic carbocycles. The van der Waals surface area contributed by atoms with Crippen LogP contribution in [0, 0.1) is 46.3 Å². The van der Waals surface area contributed by atoms with Crippen molar-refractivity contribution in [1.29, 1.82) is 0 Å². The number of carbonyl (C=O) groups is 3. The molecule has 3 fully saturated rings. The van der Waals surface area contributed by atoms with E-state index in [4.69, 9.17) is 10.5 Å². The summed E-state index contributed by atoms with van der Waals surface area (Å²) in [5.74, 6) is 5.00. The van der Waals surface area contributed by atoms with Crippen LogP contribution in [-0.2, 0) is 14.3 Å². The standard InChI is InChI=1S/C59H108N4O4/c1-7-8-9-10-11-12-13-14-15-16-17-18-19-20-21-24-32-56(65)63(46-55(64)61-42-27-25-41-60)44-28-23-22-26-43-62-57(66)67-50-37-39-58(5)49(45-50)33-34-51-53-36-35-52(48(4)31-29-30-47(2)3)59(53,6)40-38-54(51)58/h33,47-48,50-54H,7-32,34-46,60H2,1-6H3,(H,61,64)(H,62,66)/t48-,50+,51+,52-,53+,54+,58+,59-/m1/s1. The first-order valence-electron chi connectivity index (χ1n) is 29.3. The molecule has 8 atom stereocenters. The second kappa shape index (κ2) is 32.0. The van der Waals surface area contributed by atoms with Crippen molar-refractivity contribution in [2.24, 2.45) is 52.1 Å². The van der Waals surface area contributed by atoms with Crippen LogP contribution in [0.15, 0.2) is 11.6 Å². The summed E-state index contributed by atoms with van der Waals surface area (Å²) in [5, 5.41) is 6.03. The predicted molar refractivity (Wildman–Crippen MR) is 282 cm³/mol. The molecule has 4 aliphatic rings. The molecule has 0 aromatic heterocycles. The van der Waals surface area contributed by atoms with E-state index in [0.717, 1.165) is 106 Å². The van der Waals surface area contributed by atoms with Gasteiger partial charge in [-0.15, -0.1) is 0 Å². The molecule has 3 amide bonds. The van der Waals surface area contributed by atoms with Gasteiger partial charge in [-0.05, 0) is 130 Å². The van der Waals surface area contributed by atoms with Gasteiger partial charge in [0.15, 0.2) is 0 Å². The van der Waals surface area contributed by atoms with E-state index in [9.17, 15) is 14.4 Å². The van der Waals surface area contributed by atoms with E-state index in [1.807, 2.05) is 0 Å². The number of rotatable bonds is 36. The summed E-state index contributed by atoms with van der Waals surface area (Å²) >= 11 is 0. The van der Waals surface area contributed by atoms with Gasteiger partial charge in [-0.3, -0.25) is 9.59 Å². The molecule has 0 spiro atoms. The second-order valence-corrected chi connectivity index (χ2v) is 23.6. The van der Waals surface area contributed by atoms with Crippen LogP contribution in [0.25, 0.3) is 0 Å². The highest BCUT2D eigenvalue weighted by atomic mass is 16.6. The highest BCUT2D eigenvalue weighted by molar-refractivity contribution is 5.84. The molecule has 8 heteroatoms. The molecule has 67 heavy (non-hydrogen) atoms. The number of nitrogens with one attached hydrogen (secondary N) is 2. The van der Waals surface area contributed by atoms with Gasteiger partial charge >= 0.3 is 6.09 Å². The van der Waals surface area contributed by atoms with Crippen molar-refractivity contribution in [3.63, 3.8) is 0 Å². The van der Waals surface area contributed by atoms with Gasteiger partial charge in [0.05, 0.1) is 6.54 Å². The van der Waals surface area contributed by atoms with E-state index in [1.165, 1.54) is 141 Å². The fourth-order valence-corrected chi connectivity index (χ4v) is 13.9. The van der Waals surface area contributed by atoms with Crippen LogP contribution in [0.1, 0.15) is 260 Å². The number of amides is 3. The lowest BCUT2D eigenvalue weighted by atomic mass is 9.47. The van der Waals surface area contributed by atoms with Crippen LogP contribution in [0.3, 0.4) is 0 Å². The third kappa shape index (κ3) is 19.6. The number of unbranched alkanes of at least 4 members (excludes halogenated alkanes) is 19. The summed E-state index contributed by atoms with van der Waals surface area (Å²) in [6.07, 6.45) is 43.1. The maximum Gasteiger partial charge on any atom is 0.407 e. The van der Waals surface area contributed by atoms with Crippen molar-refractivity contribution >= 4 is 17.9 Å². The van der Waals surface area contributed by atoms with E-state index in [0.29, 0.717) is 38.0 Å². The minimum absolute atomic E-state index is 0.0344. The summed E-state index contributed by atoms with van der Waals surface area (Å²) in [4.78, 5) is 40.9. The topological polar surface area (TPSA) is 114 Å². The highest BCUT2D eigenvalue weighted by Gasteiger charge is 2.59. The molecule has 4 N–H and O–H groups in total. The number of hydrogen-bond acceptors (Lipinski definition) is 5. The predicted octanol–water partition coefficient (Wildman–Crippen LogP) is 15.0. The van der Waals surface area contributed by atoms with Gasteiger partial charge in [0.25, 0.3) is 0 Å². The molecule has 4 aliphatic carbocycles. The summed E-state index contributed by atoms with van der Waals surface area (Å²) in [6.45, 7) is 17.4. The van der Waals surface area contributed by atoms with E-state index >= 15 is 0 Å².